The van der Waals surface area contributed by atoms with Crippen molar-refractivity contribution in [2.24, 2.45) is 0 Å². The maximum Gasteiger partial charge on any atom is 0.178 e. The highest BCUT2D eigenvalue weighted by atomic mass is 19.1. The average molecular weight is 318 g/mol. The molecule has 0 aliphatic carbocycles. The number of hydrogen-bond acceptors (Lipinski definition) is 3. The monoisotopic (exact) mass is 318 g/mol. The lowest BCUT2D eigenvalue weighted by Gasteiger charge is -2.15. The number of likely N-dealkylation sites (N-methyl/N-ethyl adjacent to an activating group) is 1. The minimum absolute atomic E-state index is 0.0741. The number of benzene rings is 1. The van der Waals surface area contributed by atoms with Crippen LogP contribution in [0.5, 0.6) is 0 Å². The highest BCUT2D eigenvalue weighted by molar-refractivity contribution is 5.99. The molecule has 0 amide bonds. The predicted octanol–water partition coefficient (Wildman–Crippen LogP) is 2.99. The average Bonchev–Trinajstić information content (AvgIpc) is 2.81. The molecular formula is C18H23FN2O2. The van der Waals surface area contributed by atoms with E-state index in [4.69, 9.17) is 4.74 Å². The Kier molecular flexibility index (Phi) is 5.69. The normalized spacial score (nSPS) is 11.2. The Labute approximate surface area is 136 Å². The zero-order valence-corrected chi connectivity index (χ0v) is 14.1. The van der Waals surface area contributed by atoms with E-state index < -0.39 is 0 Å². The van der Waals surface area contributed by atoms with Crippen LogP contribution in [0, 0.1) is 19.7 Å². The van der Waals surface area contributed by atoms with Crippen molar-refractivity contribution in [3.05, 3.63) is 53.1 Å². The van der Waals surface area contributed by atoms with Crippen molar-refractivity contribution >= 4 is 5.78 Å². The zero-order chi connectivity index (χ0) is 17.0. The topological polar surface area (TPSA) is 34.5 Å². The summed E-state index contributed by atoms with van der Waals surface area (Å²) < 4.78 is 20.1. The lowest BCUT2D eigenvalue weighted by Crippen LogP contribution is -2.29. The Morgan fingerprint density at radius 3 is 2.52 bits per heavy atom. The van der Waals surface area contributed by atoms with Crippen LogP contribution in [0.3, 0.4) is 0 Å². The Morgan fingerprint density at radius 2 is 1.91 bits per heavy atom. The van der Waals surface area contributed by atoms with Crippen molar-refractivity contribution in [1.29, 1.82) is 0 Å². The van der Waals surface area contributed by atoms with Crippen molar-refractivity contribution in [2.75, 3.05) is 33.9 Å². The van der Waals surface area contributed by atoms with Crippen LogP contribution in [0.15, 0.2) is 30.3 Å². The molecule has 0 spiro atoms. The highest BCUT2D eigenvalue weighted by Gasteiger charge is 2.17. The maximum atomic E-state index is 13.1. The van der Waals surface area contributed by atoms with Gasteiger partial charge in [-0.15, -0.1) is 0 Å². The van der Waals surface area contributed by atoms with Gasteiger partial charge in [-0.2, -0.15) is 0 Å². The van der Waals surface area contributed by atoms with Gasteiger partial charge in [-0.05, 0) is 51.2 Å². The molecule has 1 aromatic heterocycles. The summed E-state index contributed by atoms with van der Waals surface area (Å²) >= 11 is 0. The van der Waals surface area contributed by atoms with Crippen LogP contribution < -0.4 is 0 Å². The number of methoxy groups -OCH3 is 1. The number of hydrogen-bond donors (Lipinski definition) is 0. The first kappa shape index (κ1) is 17.4. The minimum atomic E-state index is -0.271. The van der Waals surface area contributed by atoms with Crippen LogP contribution in [-0.4, -0.2) is 49.1 Å². The van der Waals surface area contributed by atoms with Gasteiger partial charge in [0.15, 0.2) is 5.78 Å². The summed E-state index contributed by atoms with van der Waals surface area (Å²) in [5, 5.41) is 0. The largest absolute Gasteiger partial charge is 0.383 e. The smallest absolute Gasteiger partial charge is 0.178 e. The fourth-order valence-corrected chi connectivity index (χ4v) is 2.69. The Morgan fingerprint density at radius 1 is 1.26 bits per heavy atom. The lowest BCUT2D eigenvalue weighted by molar-refractivity contribution is 0.0922. The van der Waals surface area contributed by atoms with Gasteiger partial charge in [0.05, 0.1) is 13.2 Å². The first-order valence-corrected chi connectivity index (χ1v) is 7.59. The number of ketones is 1. The Bertz CT molecular complexity index is 677. The molecule has 0 radical (unpaired) electrons. The molecule has 0 aliphatic heterocycles. The number of rotatable bonds is 7. The molecule has 0 saturated heterocycles. The molecule has 5 heteroatoms. The highest BCUT2D eigenvalue weighted by Crippen LogP contribution is 2.21. The molecule has 23 heavy (non-hydrogen) atoms. The van der Waals surface area contributed by atoms with E-state index in [1.54, 1.807) is 19.2 Å². The molecule has 0 atom stereocenters. The van der Waals surface area contributed by atoms with Crippen molar-refractivity contribution in [2.45, 2.75) is 13.8 Å². The zero-order valence-electron chi connectivity index (χ0n) is 14.1. The van der Waals surface area contributed by atoms with E-state index in [0.717, 1.165) is 17.1 Å². The number of halogens is 1. The van der Waals surface area contributed by atoms with Gasteiger partial charge in [-0.3, -0.25) is 9.69 Å². The van der Waals surface area contributed by atoms with Gasteiger partial charge < -0.3 is 9.30 Å². The van der Waals surface area contributed by atoms with Gasteiger partial charge in [0.25, 0.3) is 0 Å². The van der Waals surface area contributed by atoms with Gasteiger partial charge in [0, 0.05) is 36.3 Å². The molecule has 1 heterocycles. The van der Waals surface area contributed by atoms with Gasteiger partial charge in [0.2, 0.25) is 0 Å². The second-order valence-electron chi connectivity index (χ2n) is 5.75. The van der Waals surface area contributed by atoms with E-state index in [0.29, 0.717) is 25.3 Å². The molecule has 2 aromatic rings. The summed E-state index contributed by atoms with van der Waals surface area (Å²) in [4.78, 5) is 14.5. The summed E-state index contributed by atoms with van der Waals surface area (Å²) in [5.74, 6) is -0.197. The standard InChI is InChI=1S/C18H23FN2O2/c1-13-11-17(18(22)12-20(3)9-10-23-4)14(2)21(13)16-7-5-15(19)6-8-16/h5-8,11H,9-10,12H2,1-4H3. The van der Waals surface area contributed by atoms with Crippen molar-refractivity contribution < 1.29 is 13.9 Å². The number of carbonyl (C=O) groups excluding carboxylic acids is 1. The summed E-state index contributed by atoms with van der Waals surface area (Å²) in [7, 11) is 3.54. The van der Waals surface area contributed by atoms with E-state index >= 15 is 0 Å². The fourth-order valence-electron chi connectivity index (χ4n) is 2.69. The van der Waals surface area contributed by atoms with Gasteiger partial charge in [0.1, 0.15) is 5.82 Å². The molecular weight excluding hydrogens is 295 g/mol. The van der Waals surface area contributed by atoms with E-state index in [1.807, 2.05) is 36.4 Å². The van der Waals surface area contributed by atoms with Crippen molar-refractivity contribution in [3.63, 3.8) is 0 Å². The quantitative estimate of drug-likeness (QED) is 0.736. The molecule has 0 bridgehead atoms. The fraction of sp³-hybridized carbons (Fsp3) is 0.389. The van der Waals surface area contributed by atoms with Crippen molar-refractivity contribution in [3.8, 4) is 5.69 Å². The number of nitrogens with zero attached hydrogens (tertiary/aromatic N) is 2. The third kappa shape index (κ3) is 4.06. The van der Waals surface area contributed by atoms with Crippen molar-refractivity contribution in [1.82, 2.24) is 9.47 Å². The Hall–Kier alpha value is -1.98. The third-order valence-electron chi connectivity index (χ3n) is 3.91. The molecule has 0 unspecified atom stereocenters. The van der Waals surface area contributed by atoms with Crippen LogP contribution in [0.2, 0.25) is 0 Å². The molecule has 2 rings (SSSR count). The molecule has 0 fully saturated rings. The first-order valence-electron chi connectivity index (χ1n) is 7.59. The molecule has 124 valence electrons. The summed E-state index contributed by atoms with van der Waals surface area (Å²) in [6.45, 7) is 5.51. The minimum Gasteiger partial charge on any atom is -0.383 e. The SMILES string of the molecule is COCCN(C)CC(=O)c1cc(C)n(-c2ccc(F)cc2)c1C. The van der Waals surface area contributed by atoms with Crippen LogP contribution in [0.1, 0.15) is 21.7 Å². The van der Waals surface area contributed by atoms with E-state index in [2.05, 4.69) is 0 Å². The molecule has 1 aromatic carbocycles. The molecule has 0 N–H and O–H groups in total. The summed E-state index contributed by atoms with van der Waals surface area (Å²) in [5.41, 5.74) is 3.39. The lowest BCUT2D eigenvalue weighted by atomic mass is 10.1. The first-order chi connectivity index (χ1) is 10.9. The second kappa shape index (κ2) is 7.53. The summed E-state index contributed by atoms with van der Waals surface area (Å²) in [6, 6.07) is 8.18. The Balaban J connectivity index is 2.23. The number of ether oxygens (including phenoxy) is 1. The number of Topliss-reactive ketones (excluding diaryl/α,β-unsaturated/α-hetero) is 1. The van der Waals surface area contributed by atoms with Gasteiger partial charge in [-0.25, -0.2) is 4.39 Å². The van der Waals surface area contributed by atoms with E-state index in [1.165, 1.54) is 12.1 Å². The van der Waals surface area contributed by atoms with Gasteiger partial charge in [-0.1, -0.05) is 0 Å². The predicted molar refractivity (Wildman–Crippen MR) is 88.9 cm³/mol. The van der Waals surface area contributed by atoms with Crippen LogP contribution in [-0.2, 0) is 4.74 Å². The van der Waals surface area contributed by atoms with E-state index in [9.17, 15) is 9.18 Å². The molecule has 0 aliphatic rings. The molecule has 4 nitrogen and oxygen atoms in total. The van der Waals surface area contributed by atoms with Crippen LogP contribution in [0.25, 0.3) is 5.69 Å². The number of aryl methyl sites for hydroxylation is 1. The van der Waals surface area contributed by atoms with E-state index in [-0.39, 0.29) is 11.6 Å². The third-order valence-corrected chi connectivity index (χ3v) is 3.91. The number of aromatic nitrogens is 1. The summed E-state index contributed by atoms with van der Waals surface area (Å²) in [6.07, 6.45) is 0. The van der Waals surface area contributed by atoms with Gasteiger partial charge >= 0.3 is 0 Å². The maximum absolute atomic E-state index is 13.1. The number of carbonyl (C=O) groups is 1. The molecule has 0 saturated carbocycles. The second-order valence-corrected chi connectivity index (χ2v) is 5.75. The van der Waals surface area contributed by atoms with Crippen LogP contribution >= 0.6 is 0 Å². The van der Waals surface area contributed by atoms with Crippen LogP contribution in [0.4, 0.5) is 4.39 Å².